The molecule has 0 bridgehead atoms. The second-order valence-corrected chi connectivity index (χ2v) is 5.25. The van der Waals surface area contributed by atoms with Crippen LogP contribution in [0.5, 0.6) is 0 Å². The zero-order valence-electron chi connectivity index (χ0n) is 13.6. The largest absolute Gasteiger partial charge is 0.469 e. The van der Waals surface area contributed by atoms with Gasteiger partial charge in [-0.05, 0) is 24.3 Å². The van der Waals surface area contributed by atoms with E-state index in [-0.39, 0.29) is 11.8 Å². The minimum atomic E-state index is -0.242. The van der Waals surface area contributed by atoms with E-state index in [0.717, 1.165) is 37.8 Å². The molecular formula is C16H23FN4O2. The van der Waals surface area contributed by atoms with Crippen LogP contribution in [0.2, 0.25) is 0 Å². The molecule has 0 aromatic heterocycles. The summed E-state index contributed by atoms with van der Waals surface area (Å²) in [6.45, 7) is 3.80. The first-order chi connectivity index (χ1) is 11.1. The number of hydrogen-bond acceptors (Lipinski definition) is 4. The smallest absolute Gasteiger partial charge is 0.307 e. The van der Waals surface area contributed by atoms with Gasteiger partial charge in [0.25, 0.3) is 0 Å². The number of carbonyl (C=O) groups is 1. The second kappa shape index (κ2) is 8.36. The van der Waals surface area contributed by atoms with Crippen molar-refractivity contribution in [2.24, 2.45) is 4.99 Å². The molecule has 1 aliphatic heterocycles. The maximum atomic E-state index is 13.0. The summed E-state index contributed by atoms with van der Waals surface area (Å²) in [6, 6.07) is 6.56. The van der Waals surface area contributed by atoms with Crippen LogP contribution in [-0.2, 0) is 9.53 Å². The average molecular weight is 322 g/mol. The molecule has 0 radical (unpaired) electrons. The number of esters is 1. The molecule has 0 atom stereocenters. The molecule has 2 rings (SSSR count). The lowest BCUT2D eigenvalue weighted by atomic mass is 10.2. The van der Waals surface area contributed by atoms with Crippen LogP contribution in [0, 0.1) is 5.82 Å². The van der Waals surface area contributed by atoms with Crippen molar-refractivity contribution < 1.29 is 13.9 Å². The Morgan fingerprint density at radius 3 is 2.48 bits per heavy atom. The number of methoxy groups -OCH3 is 1. The molecule has 7 heteroatoms. The third-order valence-electron chi connectivity index (χ3n) is 3.82. The van der Waals surface area contributed by atoms with Gasteiger partial charge < -0.3 is 19.9 Å². The van der Waals surface area contributed by atoms with Crippen molar-refractivity contribution in [3.8, 4) is 0 Å². The van der Waals surface area contributed by atoms with Crippen molar-refractivity contribution in [1.29, 1.82) is 0 Å². The Morgan fingerprint density at radius 2 is 1.91 bits per heavy atom. The van der Waals surface area contributed by atoms with Gasteiger partial charge in [-0.2, -0.15) is 0 Å². The number of hydrogen-bond donors (Lipinski definition) is 1. The van der Waals surface area contributed by atoms with Crippen molar-refractivity contribution in [2.45, 2.75) is 6.42 Å². The number of rotatable bonds is 4. The highest BCUT2D eigenvalue weighted by Gasteiger charge is 2.19. The second-order valence-electron chi connectivity index (χ2n) is 5.25. The number of ether oxygens (including phenoxy) is 1. The molecule has 1 heterocycles. The number of nitrogens with zero attached hydrogens (tertiary/aromatic N) is 3. The number of nitrogens with one attached hydrogen (secondary N) is 1. The minimum absolute atomic E-state index is 0.220. The summed E-state index contributed by atoms with van der Waals surface area (Å²) in [4.78, 5) is 19.8. The fraction of sp³-hybridized carbons (Fsp3) is 0.500. The van der Waals surface area contributed by atoms with E-state index in [4.69, 9.17) is 0 Å². The standard InChI is InChI=1S/C16H23FN4O2/c1-18-16(19-8-7-15(22)23-2)21-11-9-20(10-12-21)14-5-3-13(17)4-6-14/h3-6H,7-12H2,1-2H3,(H,18,19). The summed E-state index contributed by atoms with van der Waals surface area (Å²) in [5, 5.41) is 3.17. The third kappa shape index (κ3) is 4.84. The number of anilines is 1. The fourth-order valence-electron chi connectivity index (χ4n) is 2.54. The van der Waals surface area contributed by atoms with E-state index in [1.165, 1.54) is 19.2 Å². The maximum absolute atomic E-state index is 13.0. The lowest BCUT2D eigenvalue weighted by Gasteiger charge is -2.37. The predicted molar refractivity (Wildman–Crippen MR) is 88.2 cm³/mol. The molecule has 0 spiro atoms. The van der Waals surface area contributed by atoms with Gasteiger partial charge in [0.05, 0.1) is 13.5 Å². The molecule has 1 aromatic carbocycles. The summed E-state index contributed by atoms with van der Waals surface area (Å²) in [6.07, 6.45) is 0.311. The van der Waals surface area contributed by atoms with Crippen LogP contribution >= 0.6 is 0 Å². The van der Waals surface area contributed by atoms with Crippen LogP contribution in [0.1, 0.15) is 6.42 Å². The van der Waals surface area contributed by atoms with E-state index in [9.17, 15) is 9.18 Å². The fourth-order valence-corrected chi connectivity index (χ4v) is 2.54. The van der Waals surface area contributed by atoms with E-state index in [0.29, 0.717) is 13.0 Å². The average Bonchev–Trinajstić information content (AvgIpc) is 2.59. The molecule has 0 saturated carbocycles. The van der Waals surface area contributed by atoms with E-state index >= 15 is 0 Å². The van der Waals surface area contributed by atoms with Gasteiger partial charge in [0.15, 0.2) is 5.96 Å². The molecule has 126 valence electrons. The lowest BCUT2D eigenvalue weighted by molar-refractivity contribution is -0.140. The molecule has 0 aliphatic carbocycles. The van der Waals surface area contributed by atoms with Gasteiger partial charge in [-0.3, -0.25) is 9.79 Å². The lowest BCUT2D eigenvalue weighted by Crippen LogP contribution is -2.52. The highest BCUT2D eigenvalue weighted by molar-refractivity contribution is 5.80. The summed E-state index contributed by atoms with van der Waals surface area (Å²) < 4.78 is 17.6. The van der Waals surface area contributed by atoms with Gasteiger partial charge in [-0.25, -0.2) is 4.39 Å². The van der Waals surface area contributed by atoms with Gasteiger partial charge in [-0.1, -0.05) is 0 Å². The van der Waals surface area contributed by atoms with Crippen molar-refractivity contribution in [3.05, 3.63) is 30.1 Å². The zero-order chi connectivity index (χ0) is 16.7. The quantitative estimate of drug-likeness (QED) is 0.511. The molecule has 1 N–H and O–H groups in total. The molecule has 23 heavy (non-hydrogen) atoms. The number of carbonyl (C=O) groups excluding carboxylic acids is 1. The Balaban J connectivity index is 1.82. The Labute approximate surface area is 135 Å². The summed E-state index contributed by atoms with van der Waals surface area (Å²) in [7, 11) is 3.11. The van der Waals surface area contributed by atoms with E-state index in [2.05, 4.69) is 24.8 Å². The first kappa shape index (κ1) is 17.1. The van der Waals surface area contributed by atoms with Crippen LogP contribution < -0.4 is 10.2 Å². The van der Waals surface area contributed by atoms with Crippen LogP contribution in [0.25, 0.3) is 0 Å². The molecular weight excluding hydrogens is 299 g/mol. The van der Waals surface area contributed by atoms with E-state index in [1.54, 1.807) is 19.2 Å². The zero-order valence-corrected chi connectivity index (χ0v) is 13.6. The van der Waals surface area contributed by atoms with Gasteiger partial charge >= 0.3 is 5.97 Å². The minimum Gasteiger partial charge on any atom is -0.469 e. The SMILES string of the molecule is CN=C(NCCC(=O)OC)N1CCN(c2ccc(F)cc2)CC1. The van der Waals surface area contributed by atoms with Gasteiger partial charge in [-0.15, -0.1) is 0 Å². The van der Waals surface area contributed by atoms with Crippen molar-refractivity contribution in [3.63, 3.8) is 0 Å². The van der Waals surface area contributed by atoms with Crippen molar-refractivity contribution in [1.82, 2.24) is 10.2 Å². The monoisotopic (exact) mass is 322 g/mol. The Kier molecular flexibility index (Phi) is 6.19. The van der Waals surface area contributed by atoms with E-state index in [1.807, 2.05) is 0 Å². The topological polar surface area (TPSA) is 57.2 Å². The third-order valence-corrected chi connectivity index (χ3v) is 3.82. The first-order valence-corrected chi connectivity index (χ1v) is 7.67. The molecule has 1 aromatic rings. The van der Waals surface area contributed by atoms with Gasteiger partial charge in [0.1, 0.15) is 5.82 Å². The van der Waals surface area contributed by atoms with Crippen LogP contribution in [0.3, 0.4) is 0 Å². The summed E-state index contributed by atoms with van der Waals surface area (Å²) in [5.41, 5.74) is 1.03. The van der Waals surface area contributed by atoms with E-state index < -0.39 is 0 Å². The van der Waals surface area contributed by atoms with Gasteiger partial charge in [0, 0.05) is 45.5 Å². The highest BCUT2D eigenvalue weighted by atomic mass is 19.1. The predicted octanol–water partition coefficient (Wildman–Crippen LogP) is 1.09. The van der Waals surface area contributed by atoms with Crippen LogP contribution in [0.4, 0.5) is 10.1 Å². The molecule has 1 fully saturated rings. The van der Waals surface area contributed by atoms with Crippen molar-refractivity contribution in [2.75, 3.05) is 51.8 Å². The Bertz CT molecular complexity index is 540. The number of piperazine rings is 1. The Hall–Kier alpha value is -2.31. The summed E-state index contributed by atoms with van der Waals surface area (Å²) in [5.74, 6) is 0.323. The number of benzene rings is 1. The number of halogens is 1. The van der Waals surface area contributed by atoms with Crippen LogP contribution in [-0.4, -0.2) is 63.7 Å². The molecule has 6 nitrogen and oxygen atoms in total. The first-order valence-electron chi connectivity index (χ1n) is 7.67. The summed E-state index contributed by atoms with van der Waals surface area (Å²) >= 11 is 0. The maximum Gasteiger partial charge on any atom is 0.307 e. The van der Waals surface area contributed by atoms with Crippen LogP contribution in [0.15, 0.2) is 29.3 Å². The molecule has 1 aliphatic rings. The normalized spacial score (nSPS) is 15.5. The molecule has 1 saturated heterocycles. The molecule has 0 amide bonds. The highest BCUT2D eigenvalue weighted by Crippen LogP contribution is 2.16. The number of aliphatic imine (C=N–C) groups is 1. The van der Waals surface area contributed by atoms with Crippen molar-refractivity contribution >= 4 is 17.6 Å². The molecule has 0 unspecified atom stereocenters. The Morgan fingerprint density at radius 1 is 1.26 bits per heavy atom. The van der Waals surface area contributed by atoms with Gasteiger partial charge in [0.2, 0.25) is 0 Å². The number of guanidine groups is 1.